The average molecular weight is 230 g/mol. The van der Waals surface area contributed by atoms with Crippen LogP contribution >= 0.6 is 0 Å². The topological polar surface area (TPSA) is 52.6 Å². The van der Waals surface area contributed by atoms with E-state index >= 15 is 0 Å². The van der Waals surface area contributed by atoms with Gasteiger partial charge in [-0.15, -0.1) is 0 Å². The van der Waals surface area contributed by atoms with Gasteiger partial charge in [0.15, 0.2) is 5.76 Å². The molecule has 4 heteroatoms. The number of benzene rings is 1. The SMILES string of the molecule is COC1=CC(Oc2ccccc2)=CC(=O)C1=O. The minimum Gasteiger partial charge on any atom is -0.492 e. The van der Waals surface area contributed by atoms with Gasteiger partial charge in [0.1, 0.15) is 11.5 Å². The van der Waals surface area contributed by atoms with Crippen molar-refractivity contribution in [2.24, 2.45) is 0 Å². The zero-order valence-corrected chi connectivity index (χ0v) is 9.17. The highest BCUT2D eigenvalue weighted by Crippen LogP contribution is 2.18. The summed E-state index contributed by atoms with van der Waals surface area (Å²) >= 11 is 0. The molecule has 0 spiro atoms. The van der Waals surface area contributed by atoms with E-state index in [4.69, 9.17) is 9.47 Å². The maximum atomic E-state index is 11.3. The lowest BCUT2D eigenvalue weighted by Gasteiger charge is -2.12. The highest BCUT2D eigenvalue weighted by molar-refractivity contribution is 6.47. The molecule has 0 N–H and O–H groups in total. The molecule has 0 atom stereocenters. The van der Waals surface area contributed by atoms with Gasteiger partial charge in [0.25, 0.3) is 5.78 Å². The summed E-state index contributed by atoms with van der Waals surface area (Å²) in [6, 6.07) is 8.98. The van der Waals surface area contributed by atoms with Crippen LogP contribution in [0.4, 0.5) is 0 Å². The number of para-hydroxylation sites is 1. The number of methoxy groups -OCH3 is 1. The Balaban J connectivity index is 2.23. The van der Waals surface area contributed by atoms with E-state index in [1.165, 1.54) is 13.2 Å². The smallest absolute Gasteiger partial charge is 0.267 e. The molecule has 17 heavy (non-hydrogen) atoms. The molecule has 2 rings (SSSR count). The van der Waals surface area contributed by atoms with Gasteiger partial charge in [0.2, 0.25) is 5.78 Å². The van der Waals surface area contributed by atoms with Gasteiger partial charge in [-0.2, -0.15) is 0 Å². The zero-order valence-electron chi connectivity index (χ0n) is 9.17. The van der Waals surface area contributed by atoms with Crippen LogP contribution in [0.2, 0.25) is 0 Å². The Hall–Kier alpha value is -2.36. The Labute approximate surface area is 98.2 Å². The molecule has 0 saturated heterocycles. The van der Waals surface area contributed by atoms with E-state index in [1.807, 2.05) is 18.2 Å². The Bertz CT molecular complexity index is 511. The summed E-state index contributed by atoms with van der Waals surface area (Å²) in [6.45, 7) is 0. The predicted molar refractivity (Wildman–Crippen MR) is 60.3 cm³/mol. The van der Waals surface area contributed by atoms with Crippen molar-refractivity contribution in [2.75, 3.05) is 7.11 Å². The Kier molecular flexibility index (Phi) is 3.05. The molecule has 0 unspecified atom stereocenters. The lowest BCUT2D eigenvalue weighted by atomic mass is 10.1. The normalized spacial score (nSPS) is 15.1. The first-order valence-corrected chi connectivity index (χ1v) is 4.99. The molecule has 1 aromatic carbocycles. The van der Waals surface area contributed by atoms with Crippen LogP contribution in [0, 0.1) is 0 Å². The van der Waals surface area contributed by atoms with Crippen LogP contribution in [0.25, 0.3) is 0 Å². The predicted octanol–water partition coefficient (Wildman–Crippen LogP) is 1.63. The van der Waals surface area contributed by atoms with Crippen molar-refractivity contribution >= 4 is 11.6 Å². The molecule has 1 aliphatic rings. The zero-order chi connectivity index (χ0) is 12.3. The van der Waals surface area contributed by atoms with Crippen LogP contribution in [-0.4, -0.2) is 18.7 Å². The largest absolute Gasteiger partial charge is 0.492 e. The van der Waals surface area contributed by atoms with Crippen molar-refractivity contribution in [3.05, 3.63) is 54.0 Å². The molecule has 0 amide bonds. The fourth-order valence-corrected chi connectivity index (χ4v) is 1.39. The third-order valence-corrected chi connectivity index (χ3v) is 2.19. The van der Waals surface area contributed by atoms with Crippen molar-refractivity contribution in [3.8, 4) is 5.75 Å². The number of ketones is 2. The second-order valence-corrected chi connectivity index (χ2v) is 3.37. The molecule has 4 nitrogen and oxygen atoms in total. The van der Waals surface area contributed by atoms with Crippen LogP contribution in [-0.2, 0) is 14.3 Å². The van der Waals surface area contributed by atoms with Gasteiger partial charge in [0.05, 0.1) is 7.11 Å². The minimum atomic E-state index is -0.659. The monoisotopic (exact) mass is 230 g/mol. The van der Waals surface area contributed by atoms with Gasteiger partial charge in [0, 0.05) is 12.2 Å². The van der Waals surface area contributed by atoms with Gasteiger partial charge in [-0.3, -0.25) is 9.59 Å². The lowest BCUT2D eigenvalue weighted by Crippen LogP contribution is -2.20. The molecule has 0 bridgehead atoms. The third kappa shape index (κ3) is 2.42. The van der Waals surface area contributed by atoms with Gasteiger partial charge >= 0.3 is 0 Å². The average Bonchev–Trinajstić information content (AvgIpc) is 2.35. The molecule has 0 aromatic heterocycles. The highest BCUT2D eigenvalue weighted by atomic mass is 16.5. The number of allylic oxidation sites excluding steroid dienone is 3. The summed E-state index contributed by atoms with van der Waals surface area (Å²) in [6.07, 6.45) is 2.55. The summed E-state index contributed by atoms with van der Waals surface area (Å²) in [5, 5.41) is 0. The van der Waals surface area contributed by atoms with E-state index in [-0.39, 0.29) is 11.5 Å². The quantitative estimate of drug-likeness (QED) is 0.585. The second kappa shape index (κ2) is 4.65. The van der Waals surface area contributed by atoms with Crippen molar-refractivity contribution in [2.45, 2.75) is 0 Å². The number of carbonyl (C=O) groups excluding carboxylic acids is 2. The van der Waals surface area contributed by atoms with E-state index < -0.39 is 11.6 Å². The number of hydrogen-bond acceptors (Lipinski definition) is 4. The molecule has 0 aliphatic heterocycles. The number of rotatable bonds is 3. The van der Waals surface area contributed by atoms with Gasteiger partial charge in [-0.05, 0) is 12.1 Å². The number of carbonyl (C=O) groups is 2. The molecular formula is C13H10O4. The van der Waals surface area contributed by atoms with Gasteiger partial charge < -0.3 is 9.47 Å². The van der Waals surface area contributed by atoms with Crippen molar-refractivity contribution in [1.29, 1.82) is 0 Å². The minimum absolute atomic E-state index is 0.0107. The lowest BCUT2D eigenvalue weighted by molar-refractivity contribution is -0.133. The number of ether oxygens (including phenoxy) is 2. The molecule has 0 heterocycles. The maximum Gasteiger partial charge on any atom is 0.267 e. The first kappa shape index (κ1) is 11.1. The third-order valence-electron chi connectivity index (χ3n) is 2.19. The van der Waals surface area contributed by atoms with Crippen LogP contribution in [0.1, 0.15) is 0 Å². The Morgan fingerprint density at radius 1 is 1.00 bits per heavy atom. The van der Waals surface area contributed by atoms with E-state index in [9.17, 15) is 9.59 Å². The first-order chi connectivity index (χ1) is 8.20. The fourth-order valence-electron chi connectivity index (χ4n) is 1.39. The Morgan fingerprint density at radius 3 is 2.35 bits per heavy atom. The summed E-state index contributed by atoms with van der Waals surface area (Å²) < 4.78 is 10.2. The summed E-state index contributed by atoms with van der Waals surface area (Å²) in [5.41, 5.74) is 0. The molecule has 0 saturated carbocycles. The van der Waals surface area contributed by atoms with Crippen molar-refractivity contribution in [3.63, 3.8) is 0 Å². The van der Waals surface area contributed by atoms with Gasteiger partial charge in [-0.25, -0.2) is 0 Å². The summed E-state index contributed by atoms with van der Waals surface area (Å²) in [7, 11) is 1.34. The standard InChI is InChI=1S/C13H10O4/c1-16-12-8-10(7-11(14)13(12)15)17-9-5-3-2-4-6-9/h2-8H,1H3. The van der Waals surface area contributed by atoms with Crippen LogP contribution in [0.15, 0.2) is 54.0 Å². The van der Waals surface area contributed by atoms with Crippen LogP contribution in [0.5, 0.6) is 5.75 Å². The van der Waals surface area contributed by atoms with Crippen LogP contribution in [0.3, 0.4) is 0 Å². The van der Waals surface area contributed by atoms with Crippen LogP contribution < -0.4 is 4.74 Å². The molecular weight excluding hydrogens is 220 g/mol. The van der Waals surface area contributed by atoms with E-state index in [0.717, 1.165) is 6.08 Å². The number of hydrogen-bond donors (Lipinski definition) is 0. The maximum absolute atomic E-state index is 11.3. The van der Waals surface area contributed by atoms with Gasteiger partial charge in [-0.1, -0.05) is 18.2 Å². The summed E-state index contributed by atoms with van der Waals surface area (Å²) in [4.78, 5) is 22.6. The molecule has 1 aromatic rings. The second-order valence-electron chi connectivity index (χ2n) is 3.37. The summed E-state index contributed by atoms with van der Waals surface area (Å²) in [5.74, 6) is -0.433. The first-order valence-electron chi connectivity index (χ1n) is 4.99. The molecule has 0 fully saturated rings. The molecule has 0 radical (unpaired) electrons. The van der Waals surface area contributed by atoms with E-state index in [1.54, 1.807) is 12.1 Å². The van der Waals surface area contributed by atoms with Crippen molar-refractivity contribution < 1.29 is 19.1 Å². The van der Waals surface area contributed by atoms with Crippen molar-refractivity contribution in [1.82, 2.24) is 0 Å². The van der Waals surface area contributed by atoms with E-state index in [0.29, 0.717) is 5.75 Å². The molecule has 1 aliphatic carbocycles. The number of Topliss-reactive ketones (excluding diaryl/α,β-unsaturated/α-hetero) is 1. The highest BCUT2D eigenvalue weighted by Gasteiger charge is 2.24. The fraction of sp³-hybridized carbons (Fsp3) is 0.0769. The van der Waals surface area contributed by atoms with E-state index in [2.05, 4.69) is 0 Å². The molecule has 86 valence electrons. The Morgan fingerprint density at radius 2 is 1.71 bits per heavy atom.